The number of amides is 1. The fraction of sp³-hybridized carbons (Fsp3) is 0.333. The number of ether oxygens (including phenoxy) is 2. The second-order valence-corrected chi connectivity index (χ2v) is 12.4. The van der Waals surface area contributed by atoms with Gasteiger partial charge in [-0.15, -0.1) is 0 Å². The minimum Gasteiger partial charge on any atom is -0.494 e. The van der Waals surface area contributed by atoms with E-state index in [1.807, 2.05) is 64.8 Å². The molecule has 0 saturated carbocycles. The number of nitrogens with one attached hydrogen (secondary N) is 1. The number of carboxylic acid groups (broad SMARTS) is 2. The van der Waals surface area contributed by atoms with Crippen molar-refractivity contribution >= 4 is 51.3 Å². The van der Waals surface area contributed by atoms with E-state index < -0.39 is 11.9 Å². The number of piperidine rings is 1. The van der Waals surface area contributed by atoms with Gasteiger partial charge >= 0.3 is 11.9 Å². The molecule has 2 fully saturated rings. The zero-order chi connectivity index (χ0) is 36.1. The van der Waals surface area contributed by atoms with Crippen molar-refractivity contribution in [2.24, 2.45) is 7.05 Å². The number of hydrogen-bond donors (Lipinski definition) is 4. The molecule has 2 aliphatic heterocycles. The van der Waals surface area contributed by atoms with Crippen molar-refractivity contribution in [1.82, 2.24) is 29.2 Å². The minimum absolute atomic E-state index is 0.221. The van der Waals surface area contributed by atoms with Gasteiger partial charge in [0.15, 0.2) is 5.82 Å². The fourth-order valence-electron chi connectivity index (χ4n) is 6.79. The number of aryl methyl sites for hydroxylation is 1. The van der Waals surface area contributed by atoms with Crippen molar-refractivity contribution in [2.45, 2.75) is 37.6 Å². The van der Waals surface area contributed by atoms with E-state index in [4.69, 9.17) is 30.5 Å². The number of fused-ring (bicyclic) bond motifs is 2. The van der Waals surface area contributed by atoms with Gasteiger partial charge in [0.05, 0.1) is 24.2 Å². The Balaban J connectivity index is 0.000000503. The summed E-state index contributed by atoms with van der Waals surface area (Å²) >= 11 is 0. The Hall–Kier alpha value is -5.80. The fourth-order valence-corrected chi connectivity index (χ4v) is 6.79. The molecule has 5 N–H and O–H groups in total. The van der Waals surface area contributed by atoms with Crippen LogP contribution in [0.5, 0.6) is 5.75 Å². The molecule has 5 heterocycles. The third-order valence-corrected chi connectivity index (χ3v) is 9.37. The van der Waals surface area contributed by atoms with E-state index in [1.165, 1.54) is 6.33 Å². The molecule has 51 heavy (non-hydrogen) atoms. The number of nitrogens with zero attached hydrogens (tertiary/aromatic N) is 6. The van der Waals surface area contributed by atoms with Gasteiger partial charge in [0.2, 0.25) is 0 Å². The average molecular weight is 697 g/mol. The zero-order valence-electron chi connectivity index (χ0n) is 28.4. The van der Waals surface area contributed by atoms with Crippen LogP contribution in [0.3, 0.4) is 0 Å². The van der Waals surface area contributed by atoms with Crippen LogP contribution < -0.4 is 15.8 Å². The molecule has 0 bridgehead atoms. The summed E-state index contributed by atoms with van der Waals surface area (Å²) in [6, 6.07) is 16.0. The van der Waals surface area contributed by atoms with Crippen LogP contribution in [0.2, 0.25) is 0 Å². The molecule has 0 radical (unpaired) electrons. The van der Waals surface area contributed by atoms with Gasteiger partial charge in [-0.05, 0) is 63.0 Å². The maximum absolute atomic E-state index is 13.3. The van der Waals surface area contributed by atoms with Crippen LogP contribution in [-0.2, 0) is 21.4 Å². The Kier molecular flexibility index (Phi) is 10.6. The lowest BCUT2D eigenvalue weighted by atomic mass is 9.91. The molecule has 15 nitrogen and oxygen atoms in total. The summed E-state index contributed by atoms with van der Waals surface area (Å²) in [5.41, 5.74) is 11.7. The van der Waals surface area contributed by atoms with E-state index >= 15 is 0 Å². The number of benzene rings is 2. The summed E-state index contributed by atoms with van der Waals surface area (Å²) in [4.78, 5) is 43.9. The predicted octanol–water partition coefficient (Wildman–Crippen LogP) is 4.22. The van der Waals surface area contributed by atoms with Crippen LogP contribution in [0, 0.1) is 0 Å². The Labute approximate surface area is 293 Å². The highest BCUT2D eigenvalue weighted by molar-refractivity contribution is 6.07. The van der Waals surface area contributed by atoms with Gasteiger partial charge in [-0.25, -0.2) is 24.2 Å². The highest BCUT2D eigenvalue weighted by atomic mass is 16.5. The van der Waals surface area contributed by atoms with Gasteiger partial charge in [-0.1, -0.05) is 18.2 Å². The highest BCUT2D eigenvalue weighted by Gasteiger charge is 2.31. The van der Waals surface area contributed by atoms with E-state index in [0.717, 1.165) is 79.8 Å². The zero-order valence-corrected chi connectivity index (χ0v) is 28.4. The third-order valence-electron chi connectivity index (χ3n) is 9.37. The van der Waals surface area contributed by atoms with Crippen molar-refractivity contribution in [3.05, 3.63) is 78.4 Å². The number of nitrogens with two attached hydrogens (primary N) is 1. The molecule has 266 valence electrons. The highest BCUT2D eigenvalue weighted by Crippen LogP contribution is 2.36. The molecule has 2 aliphatic rings. The van der Waals surface area contributed by atoms with Gasteiger partial charge < -0.3 is 40.2 Å². The molecular weight excluding hydrogens is 656 g/mol. The second kappa shape index (κ2) is 15.4. The number of likely N-dealkylation sites (tertiary alicyclic amines) is 1. The Morgan fingerprint density at radius 3 is 2.35 bits per heavy atom. The number of carbonyl (C=O) groups excluding carboxylic acids is 1. The summed E-state index contributed by atoms with van der Waals surface area (Å²) in [5, 5.41) is 24.7. The molecule has 1 amide bonds. The van der Waals surface area contributed by atoms with E-state index in [1.54, 1.807) is 7.11 Å². The largest absolute Gasteiger partial charge is 0.494 e. The van der Waals surface area contributed by atoms with Crippen molar-refractivity contribution in [1.29, 1.82) is 0 Å². The number of nitrogen functional groups attached to an aromatic ring is 1. The average Bonchev–Trinajstić information content (AvgIpc) is 3.71. The van der Waals surface area contributed by atoms with Crippen LogP contribution in [0.15, 0.2) is 67.0 Å². The van der Waals surface area contributed by atoms with Gasteiger partial charge in [0, 0.05) is 61.3 Å². The van der Waals surface area contributed by atoms with E-state index in [-0.39, 0.29) is 11.8 Å². The third kappa shape index (κ3) is 7.69. The molecule has 2 aromatic carbocycles. The number of para-hydroxylation sites is 1. The summed E-state index contributed by atoms with van der Waals surface area (Å²) in [5.74, 6) is -1.58. The topological polar surface area (TPSA) is 200 Å². The summed E-state index contributed by atoms with van der Waals surface area (Å²) < 4.78 is 15.0. The number of methoxy groups -OCH3 is 1. The van der Waals surface area contributed by atoms with Crippen molar-refractivity contribution in [3.8, 4) is 11.4 Å². The van der Waals surface area contributed by atoms with E-state index in [9.17, 15) is 14.4 Å². The van der Waals surface area contributed by atoms with Crippen molar-refractivity contribution in [3.63, 3.8) is 0 Å². The first-order valence-corrected chi connectivity index (χ1v) is 16.6. The normalized spacial score (nSPS) is 15.9. The van der Waals surface area contributed by atoms with Gasteiger partial charge in [-0.3, -0.25) is 4.79 Å². The molecule has 2 saturated heterocycles. The first-order valence-electron chi connectivity index (χ1n) is 16.6. The first kappa shape index (κ1) is 35.0. The number of anilines is 2. The molecular formula is C36H40N8O7. The maximum Gasteiger partial charge on any atom is 0.328 e. The molecule has 5 aromatic rings. The van der Waals surface area contributed by atoms with Gasteiger partial charge in [0.1, 0.15) is 28.8 Å². The minimum atomic E-state index is -1.26. The van der Waals surface area contributed by atoms with Crippen LogP contribution in [-0.4, -0.2) is 96.7 Å². The number of carboxylic acids is 2. The Morgan fingerprint density at radius 1 is 0.980 bits per heavy atom. The lowest BCUT2D eigenvalue weighted by molar-refractivity contribution is -0.134. The molecule has 3 aromatic heterocycles. The quantitative estimate of drug-likeness (QED) is 0.169. The van der Waals surface area contributed by atoms with Gasteiger partial charge in [0.25, 0.3) is 5.91 Å². The maximum atomic E-state index is 13.3. The molecule has 15 heteroatoms. The number of aromatic nitrogens is 5. The number of aliphatic carboxylic acids is 2. The standard InChI is InChI=1S/C32H36N8O3.C4H4O4/c1-38-25-6-4-3-5-21(25)17-26(38)32(41)36-24-8-7-23(18-27(24)42-2)40-30-29(34-19-35-31(30)33)28(37-40)20-9-13-39(14-10-20)22-11-15-43-16-12-22;5-3(6)1-2-4(7)8/h3-8,17-20,22H,9-16H2,1-2H3,(H,36,41)(H2,33,34,35);1-2H,(H,5,6)(H,7,8). The smallest absolute Gasteiger partial charge is 0.328 e. The van der Waals surface area contributed by atoms with E-state index in [2.05, 4.69) is 20.2 Å². The van der Waals surface area contributed by atoms with Crippen LogP contribution in [0.25, 0.3) is 27.6 Å². The lowest BCUT2D eigenvalue weighted by Crippen LogP contribution is -2.43. The Morgan fingerprint density at radius 2 is 1.69 bits per heavy atom. The van der Waals surface area contributed by atoms with Crippen molar-refractivity contribution < 1.29 is 34.1 Å². The van der Waals surface area contributed by atoms with Crippen LogP contribution in [0.1, 0.15) is 47.8 Å². The second-order valence-electron chi connectivity index (χ2n) is 12.4. The van der Waals surface area contributed by atoms with Crippen molar-refractivity contribution in [2.75, 3.05) is 44.5 Å². The molecule has 0 spiro atoms. The summed E-state index contributed by atoms with van der Waals surface area (Å²) in [7, 11) is 3.47. The monoisotopic (exact) mass is 696 g/mol. The molecule has 0 unspecified atom stereocenters. The molecule has 0 atom stereocenters. The van der Waals surface area contributed by atoms with Crippen LogP contribution >= 0.6 is 0 Å². The van der Waals surface area contributed by atoms with E-state index in [0.29, 0.717) is 46.7 Å². The number of rotatable bonds is 8. The number of carbonyl (C=O) groups is 3. The van der Waals surface area contributed by atoms with Crippen LogP contribution in [0.4, 0.5) is 11.5 Å². The SMILES string of the molecule is COc1cc(-n2nc(C3CCN(C4CCOCC4)CC3)c3ncnc(N)c32)ccc1NC(=O)c1cc2ccccc2n1C.O=C(O)C=CC(=O)O. The van der Waals surface area contributed by atoms with Gasteiger partial charge in [-0.2, -0.15) is 5.10 Å². The predicted molar refractivity (Wildman–Crippen MR) is 190 cm³/mol. The Bertz CT molecular complexity index is 2080. The number of hydrogen-bond acceptors (Lipinski definition) is 10. The summed E-state index contributed by atoms with van der Waals surface area (Å²) in [6.45, 7) is 3.77. The first-order chi connectivity index (χ1) is 24.6. The molecule has 0 aliphatic carbocycles. The lowest BCUT2D eigenvalue weighted by Gasteiger charge is -2.38. The molecule has 7 rings (SSSR count). The summed E-state index contributed by atoms with van der Waals surface area (Å²) in [6.07, 6.45) is 6.85.